The van der Waals surface area contributed by atoms with Gasteiger partial charge in [0.15, 0.2) is 11.6 Å². The summed E-state index contributed by atoms with van der Waals surface area (Å²) in [5.74, 6) is -1.34. The van der Waals surface area contributed by atoms with E-state index in [0.717, 1.165) is 31.6 Å². The molecule has 0 saturated carbocycles. The van der Waals surface area contributed by atoms with Gasteiger partial charge in [-0.1, -0.05) is 13.8 Å². The van der Waals surface area contributed by atoms with Crippen molar-refractivity contribution in [3.63, 3.8) is 0 Å². The highest BCUT2D eigenvalue weighted by Crippen LogP contribution is 2.22. The Morgan fingerprint density at radius 3 is 2.38 bits per heavy atom. The number of hydrogen-bond donors (Lipinski definition) is 1. The normalized spacial score (nSPS) is 23.0. The van der Waals surface area contributed by atoms with E-state index in [0.29, 0.717) is 50.6 Å². The minimum atomic E-state index is -4.08. The van der Waals surface area contributed by atoms with E-state index >= 15 is 0 Å². The molecule has 2 heterocycles. The van der Waals surface area contributed by atoms with Crippen molar-refractivity contribution < 1.29 is 22.0 Å². The number of piperazine rings is 1. The molecule has 180 valence electrons. The third kappa shape index (κ3) is 6.46. The molecule has 10 heteroatoms. The SMILES string of the molecule is C[C@H]1C[C@H](C)CN(CCN(CCC(=O)N2CCNCC2)S(=O)(=O)c2ccc(F)c(F)c2)C1. The van der Waals surface area contributed by atoms with Crippen LogP contribution in [-0.2, 0) is 14.8 Å². The molecule has 2 saturated heterocycles. The molecule has 3 rings (SSSR count). The second kappa shape index (κ2) is 11.0. The summed E-state index contributed by atoms with van der Waals surface area (Å²) in [6, 6.07) is 2.60. The largest absolute Gasteiger partial charge is 0.340 e. The maximum atomic E-state index is 13.8. The van der Waals surface area contributed by atoms with Crippen molar-refractivity contribution in [2.45, 2.75) is 31.6 Å². The Labute approximate surface area is 189 Å². The maximum absolute atomic E-state index is 13.8. The molecule has 0 radical (unpaired) electrons. The molecule has 1 amide bonds. The molecular weight excluding hydrogens is 438 g/mol. The summed E-state index contributed by atoms with van der Waals surface area (Å²) in [6.45, 7) is 9.50. The van der Waals surface area contributed by atoms with Crippen LogP contribution in [0.15, 0.2) is 23.1 Å². The van der Waals surface area contributed by atoms with Crippen molar-refractivity contribution in [1.82, 2.24) is 19.4 Å². The lowest BCUT2D eigenvalue weighted by atomic mass is 9.92. The van der Waals surface area contributed by atoms with Gasteiger partial charge in [-0.25, -0.2) is 17.2 Å². The molecule has 0 unspecified atom stereocenters. The Balaban J connectivity index is 1.73. The summed E-state index contributed by atoms with van der Waals surface area (Å²) in [5.41, 5.74) is 0. The number of benzene rings is 1. The van der Waals surface area contributed by atoms with Crippen LogP contribution in [-0.4, -0.2) is 87.3 Å². The van der Waals surface area contributed by atoms with Crippen LogP contribution in [0, 0.1) is 23.5 Å². The van der Waals surface area contributed by atoms with Gasteiger partial charge in [0.2, 0.25) is 15.9 Å². The van der Waals surface area contributed by atoms with E-state index in [1.165, 1.54) is 4.31 Å². The zero-order chi connectivity index (χ0) is 23.3. The van der Waals surface area contributed by atoms with Crippen molar-refractivity contribution in [2.75, 3.05) is 58.9 Å². The van der Waals surface area contributed by atoms with Crippen LogP contribution in [0.2, 0.25) is 0 Å². The minimum Gasteiger partial charge on any atom is -0.340 e. The number of nitrogens with zero attached hydrogens (tertiary/aromatic N) is 3. The van der Waals surface area contributed by atoms with Gasteiger partial charge in [-0.3, -0.25) is 4.79 Å². The van der Waals surface area contributed by atoms with Crippen molar-refractivity contribution in [3.05, 3.63) is 29.8 Å². The van der Waals surface area contributed by atoms with Crippen molar-refractivity contribution in [1.29, 1.82) is 0 Å². The summed E-state index contributed by atoms with van der Waals surface area (Å²) in [6.07, 6.45) is 1.20. The number of sulfonamides is 1. The maximum Gasteiger partial charge on any atom is 0.243 e. The minimum absolute atomic E-state index is 0.00301. The molecule has 0 bridgehead atoms. The molecule has 1 aromatic carbocycles. The van der Waals surface area contributed by atoms with E-state index < -0.39 is 21.7 Å². The molecule has 2 aliphatic heterocycles. The fourth-order valence-electron chi connectivity index (χ4n) is 4.66. The van der Waals surface area contributed by atoms with Crippen LogP contribution in [0.1, 0.15) is 26.7 Å². The molecule has 32 heavy (non-hydrogen) atoms. The second-order valence-corrected chi connectivity index (χ2v) is 11.0. The van der Waals surface area contributed by atoms with E-state index in [1.807, 2.05) is 0 Å². The topological polar surface area (TPSA) is 73.0 Å². The van der Waals surface area contributed by atoms with Gasteiger partial charge < -0.3 is 15.1 Å². The number of piperidine rings is 1. The third-order valence-corrected chi connectivity index (χ3v) is 8.08. The Morgan fingerprint density at radius 1 is 1.09 bits per heavy atom. The number of rotatable bonds is 8. The fraction of sp³-hybridized carbons (Fsp3) is 0.682. The quantitative estimate of drug-likeness (QED) is 0.624. The Morgan fingerprint density at radius 2 is 1.75 bits per heavy atom. The summed E-state index contributed by atoms with van der Waals surface area (Å²) in [7, 11) is -4.08. The zero-order valence-corrected chi connectivity index (χ0v) is 19.7. The van der Waals surface area contributed by atoms with Crippen LogP contribution in [0.3, 0.4) is 0 Å². The molecule has 1 aromatic rings. The average Bonchev–Trinajstić information content (AvgIpc) is 2.75. The fourth-order valence-corrected chi connectivity index (χ4v) is 6.10. The predicted molar refractivity (Wildman–Crippen MR) is 119 cm³/mol. The van der Waals surface area contributed by atoms with Crippen LogP contribution in [0.4, 0.5) is 8.78 Å². The highest BCUT2D eigenvalue weighted by atomic mass is 32.2. The van der Waals surface area contributed by atoms with E-state index in [2.05, 4.69) is 24.1 Å². The highest BCUT2D eigenvalue weighted by molar-refractivity contribution is 7.89. The highest BCUT2D eigenvalue weighted by Gasteiger charge is 2.29. The molecule has 2 aliphatic rings. The summed E-state index contributed by atoms with van der Waals surface area (Å²) in [5, 5.41) is 3.18. The number of hydrogen-bond acceptors (Lipinski definition) is 5. The summed E-state index contributed by atoms with van der Waals surface area (Å²) in [4.78, 5) is 16.3. The smallest absolute Gasteiger partial charge is 0.243 e. The van der Waals surface area contributed by atoms with Gasteiger partial charge in [0.1, 0.15) is 0 Å². The number of halogens is 2. The molecule has 1 N–H and O–H groups in total. The Kier molecular flexibility index (Phi) is 8.60. The van der Waals surface area contributed by atoms with Crippen LogP contribution in [0.5, 0.6) is 0 Å². The first-order valence-corrected chi connectivity index (χ1v) is 12.8. The van der Waals surface area contributed by atoms with Crippen LogP contribution >= 0.6 is 0 Å². The lowest BCUT2D eigenvalue weighted by molar-refractivity contribution is -0.131. The second-order valence-electron chi connectivity index (χ2n) is 9.07. The van der Waals surface area contributed by atoms with Gasteiger partial charge in [-0.05, 0) is 36.5 Å². The number of likely N-dealkylation sites (tertiary alicyclic amines) is 1. The Bertz CT molecular complexity index is 883. The molecular formula is C22H34F2N4O3S. The van der Waals surface area contributed by atoms with Crippen molar-refractivity contribution >= 4 is 15.9 Å². The first-order valence-electron chi connectivity index (χ1n) is 11.3. The van der Waals surface area contributed by atoms with Crippen molar-refractivity contribution in [2.24, 2.45) is 11.8 Å². The molecule has 0 aliphatic carbocycles. The summed E-state index contributed by atoms with van der Waals surface area (Å²) < 4.78 is 54.9. The van der Waals surface area contributed by atoms with Crippen molar-refractivity contribution in [3.8, 4) is 0 Å². The molecule has 7 nitrogen and oxygen atoms in total. The Hall–Kier alpha value is -1.62. The van der Waals surface area contributed by atoms with Gasteiger partial charge in [-0.2, -0.15) is 4.31 Å². The lowest BCUT2D eigenvalue weighted by Gasteiger charge is -2.36. The van der Waals surface area contributed by atoms with Gasteiger partial charge in [-0.15, -0.1) is 0 Å². The summed E-state index contributed by atoms with van der Waals surface area (Å²) >= 11 is 0. The monoisotopic (exact) mass is 472 g/mol. The van der Waals surface area contributed by atoms with E-state index in [4.69, 9.17) is 0 Å². The number of carbonyl (C=O) groups is 1. The van der Waals surface area contributed by atoms with Crippen LogP contribution < -0.4 is 5.32 Å². The third-order valence-electron chi connectivity index (χ3n) is 6.18. The first-order chi connectivity index (χ1) is 15.2. The lowest BCUT2D eigenvalue weighted by Crippen LogP contribution is -2.48. The average molecular weight is 473 g/mol. The molecule has 2 atom stereocenters. The number of carbonyl (C=O) groups excluding carboxylic acids is 1. The van der Waals surface area contributed by atoms with Gasteiger partial charge in [0.25, 0.3) is 0 Å². The molecule has 0 spiro atoms. The predicted octanol–water partition coefficient (Wildman–Crippen LogP) is 1.76. The van der Waals surface area contributed by atoms with Gasteiger partial charge in [0.05, 0.1) is 4.90 Å². The van der Waals surface area contributed by atoms with E-state index in [9.17, 15) is 22.0 Å². The number of nitrogens with one attached hydrogen (secondary N) is 1. The van der Waals surface area contributed by atoms with Crippen LogP contribution in [0.25, 0.3) is 0 Å². The zero-order valence-electron chi connectivity index (χ0n) is 18.9. The number of amides is 1. The standard InChI is InChI=1S/C22H34F2N4O3S/c1-17-13-18(2)16-26(15-17)11-12-28(8-5-22(29)27-9-6-25-7-10-27)32(30,31)19-3-4-20(23)21(24)14-19/h3-4,14,17-18,25H,5-13,15-16H2,1-2H3/t17-,18-/m0/s1. The molecule has 0 aromatic heterocycles. The van der Waals surface area contributed by atoms with Gasteiger partial charge >= 0.3 is 0 Å². The van der Waals surface area contributed by atoms with E-state index in [-0.39, 0.29) is 30.3 Å². The van der Waals surface area contributed by atoms with E-state index in [1.54, 1.807) is 4.90 Å². The first kappa shape index (κ1) is 25.0. The van der Waals surface area contributed by atoms with Gasteiger partial charge in [0, 0.05) is 65.3 Å². The molecule has 2 fully saturated rings.